The van der Waals surface area contributed by atoms with E-state index in [1.54, 1.807) is 4.68 Å². The standard InChI is InChI=1S/C25H28N4O3/c30-24(31)16-22(19-7-6-17-11-14-32-23(17)15-19)29-13-10-21(28-29)5-1-4-20-9-8-18-3-2-12-26-25(18)27-20/h6-10,13,15,22H,1-5,11-12,14,16H2,(H,26,27)(H,30,31). The summed E-state index contributed by atoms with van der Waals surface area (Å²) >= 11 is 0. The molecule has 3 aromatic rings. The second-order valence-corrected chi connectivity index (χ2v) is 8.56. The topological polar surface area (TPSA) is 89.3 Å². The van der Waals surface area contributed by atoms with E-state index in [1.165, 1.54) is 11.1 Å². The second kappa shape index (κ2) is 9.02. The minimum atomic E-state index is -0.847. The van der Waals surface area contributed by atoms with Crippen LogP contribution >= 0.6 is 0 Å². The molecule has 7 heteroatoms. The molecule has 4 heterocycles. The quantitative estimate of drug-likeness (QED) is 0.563. The highest BCUT2D eigenvalue weighted by atomic mass is 16.5. The highest BCUT2D eigenvalue weighted by Crippen LogP contribution is 2.31. The third-order valence-corrected chi connectivity index (χ3v) is 6.27. The summed E-state index contributed by atoms with van der Waals surface area (Å²) in [6.07, 6.45) is 7.69. The van der Waals surface area contributed by atoms with Crippen LogP contribution in [0.1, 0.15) is 53.4 Å². The SMILES string of the molecule is O=C(O)CC(c1ccc2c(c1)OCC2)n1ccc(CCCc2ccc3c(n2)NCCC3)n1. The van der Waals surface area contributed by atoms with Gasteiger partial charge in [-0.25, -0.2) is 4.98 Å². The van der Waals surface area contributed by atoms with Gasteiger partial charge in [0.1, 0.15) is 11.6 Å². The first-order valence-electron chi connectivity index (χ1n) is 11.4. The van der Waals surface area contributed by atoms with Crippen LogP contribution in [0.2, 0.25) is 0 Å². The maximum absolute atomic E-state index is 11.5. The first kappa shape index (κ1) is 20.5. The Morgan fingerprint density at radius 2 is 2.00 bits per heavy atom. The molecule has 2 N–H and O–H groups in total. The fraction of sp³-hybridized carbons (Fsp3) is 0.400. The van der Waals surface area contributed by atoms with Crippen molar-refractivity contribution < 1.29 is 14.6 Å². The molecule has 32 heavy (non-hydrogen) atoms. The lowest BCUT2D eigenvalue weighted by molar-refractivity contribution is -0.137. The number of carboxylic acids is 1. The lowest BCUT2D eigenvalue weighted by atomic mass is 10.0. The maximum atomic E-state index is 11.5. The van der Waals surface area contributed by atoms with Crippen LogP contribution in [0.5, 0.6) is 5.75 Å². The number of aromatic nitrogens is 3. The average Bonchev–Trinajstić information content (AvgIpc) is 3.46. The van der Waals surface area contributed by atoms with Crippen LogP contribution in [-0.4, -0.2) is 39.0 Å². The molecule has 166 valence electrons. The van der Waals surface area contributed by atoms with E-state index in [2.05, 4.69) is 17.4 Å². The van der Waals surface area contributed by atoms with Crippen LogP contribution in [0.4, 0.5) is 5.82 Å². The lowest BCUT2D eigenvalue weighted by Gasteiger charge is -2.17. The van der Waals surface area contributed by atoms with Crippen molar-refractivity contribution >= 4 is 11.8 Å². The van der Waals surface area contributed by atoms with Crippen LogP contribution < -0.4 is 10.1 Å². The van der Waals surface area contributed by atoms with Crippen LogP contribution in [0.15, 0.2) is 42.6 Å². The average molecular weight is 433 g/mol. The number of anilines is 1. The number of aryl methyl sites for hydroxylation is 3. The molecule has 7 nitrogen and oxygen atoms in total. The van der Waals surface area contributed by atoms with E-state index in [1.807, 2.05) is 30.5 Å². The molecule has 1 atom stereocenters. The summed E-state index contributed by atoms with van der Waals surface area (Å²) in [5.41, 5.74) is 5.46. The predicted octanol–water partition coefficient (Wildman–Crippen LogP) is 3.81. The molecule has 2 aliphatic heterocycles. The Bertz CT molecular complexity index is 1120. The minimum absolute atomic E-state index is 0.0219. The number of carbonyl (C=O) groups is 1. The van der Waals surface area contributed by atoms with Crippen molar-refractivity contribution in [1.82, 2.24) is 14.8 Å². The lowest BCUT2D eigenvalue weighted by Crippen LogP contribution is -2.16. The number of hydrogen-bond acceptors (Lipinski definition) is 5. The Kier molecular flexibility index (Phi) is 5.79. The van der Waals surface area contributed by atoms with Gasteiger partial charge < -0.3 is 15.2 Å². The molecule has 1 unspecified atom stereocenters. The van der Waals surface area contributed by atoms with Crippen molar-refractivity contribution in [3.8, 4) is 5.75 Å². The molecular weight excluding hydrogens is 404 g/mol. The van der Waals surface area contributed by atoms with E-state index < -0.39 is 5.97 Å². The molecule has 0 amide bonds. The maximum Gasteiger partial charge on any atom is 0.305 e. The van der Waals surface area contributed by atoms with E-state index in [0.717, 1.165) is 73.6 Å². The Balaban J connectivity index is 1.25. The van der Waals surface area contributed by atoms with E-state index in [9.17, 15) is 9.90 Å². The van der Waals surface area contributed by atoms with Gasteiger partial charge in [-0.2, -0.15) is 5.10 Å². The van der Waals surface area contributed by atoms with Crippen LogP contribution in [0.3, 0.4) is 0 Å². The van der Waals surface area contributed by atoms with E-state index in [-0.39, 0.29) is 12.5 Å². The fourth-order valence-corrected chi connectivity index (χ4v) is 4.56. The molecule has 5 rings (SSSR count). The molecule has 0 spiro atoms. The molecule has 2 aromatic heterocycles. The van der Waals surface area contributed by atoms with Gasteiger partial charge in [-0.1, -0.05) is 18.2 Å². The number of benzene rings is 1. The van der Waals surface area contributed by atoms with Crippen molar-refractivity contribution in [1.29, 1.82) is 0 Å². The summed E-state index contributed by atoms with van der Waals surface area (Å²) in [6.45, 7) is 1.68. The third kappa shape index (κ3) is 4.47. The summed E-state index contributed by atoms with van der Waals surface area (Å²) < 4.78 is 7.46. The Morgan fingerprint density at radius 1 is 1.12 bits per heavy atom. The van der Waals surface area contributed by atoms with Gasteiger partial charge in [-0.3, -0.25) is 9.48 Å². The van der Waals surface area contributed by atoms with Crippen LogP contribution in [-0.2, 0) is 30.5 Å². The van der Waals surface area contributed by atoms with Gasteiger partial charge in [0, 0.05) is 24.9 Å². The van der Waals surface area contributed by atoms with E-state index in [0.29, 0.717) is 6.61 Å². The van der Waals surface area contributed by atoms with Gasteiger partial charge in [-0.05, 0) is 67.0 Å². The number of nitrogens with zero attached hydrogens (tertiary/aromatic N) is 3. The second-order valence-electron chi connectivity index (χ2n) is 8.56. The summed E-state index contributed by atoms with van der Waals surface area (Å²) in [5, 5.41) is 17.6. The van der Waals surface area contributed by atoms with Crippen molar-refractivity contribution in [2.24, 2.45) is 0 Å². The zero-order valence-electron chi connectivity index (χ0n) is 18.1. The van der Waals surface area contributed by atoms with Crippen molar-refractivity contribution in [2.75, 3.05) is 18.5 Å². The van der Waals surface area contributed by atoms with Crippen molar-refractivity contribution in [3.05, 3.63) is 70.7 Å². The molecular formula is C25H28N4O3. The fourth-order valence-electron chi connectivity index (χ4n) is 4.56. The predicted molar refractivity (Wildman–Crippen MR) is 121 cm³/mol. The van der Waals surface area contributed by atoms with Crippen molar-refractivity contribution in [3.63, 3.8) is 0 Å². The molecule has 0 saturated carbocycles. The summed E-state index contributed by atoms with van der Waals surface area (Å²) in [6, 6.07) is 12.0. The molecule has 0 radical (unpaired) electrons. The summed E-state index contributed by atoms with van der Waals surface area (Å²) in [4.78, 5) is 16.3. The largest absolute Gasteiger partial charge is 0.493 e. The Labute approximate surface area is 187 Å². The number of hydrogen-bond donors (Lipinski definition) is 2. The van der Waals surface area contributed by atoms with Gasteiger partial charge in [0.05, 0.1) is 24.8 Å². The molecule has 0 saturated heterocycles. The summed E-state index contributed by atoms with van der Waals surface area (Å²) in [5.74, 6) is 1.05. The monoisotopic (exact) mass is 432 g/mol. The van der Waals surface area contributed by atoms with Crippen LogP contribution in [0.25, 0.3) is 0 Å². The molecule has 2 aliphatic rings. The number of rotatable bonds is 8. The van der Waals surface area contributed by atoms with Gasteiger partial charge in [0.25, 0.3) is 0 Å². The Morgan fingerprint density at radius 3 is 2.91 bits per heavy atom. The van der Waals surface area contributed by atoms with Gasteiger partial charge in [0.15, 0.2) is 0 Å². The minimum Gasteiger partial charge on any atom is -0.493 e. The van der Waals surface area contributed by atoms with Crippen LogP contribution in [0, 0.1) is 0 Å². The molecule has 0 aliphatic carbocycles. The number of fused-ring (bicyclic) bond motifs is 2. The highest BCUT2D eigenvalue weighted by molar-refractivity contribution is 5.68. The zero-order chi connectivity index (χ0) is 21.9. The number of aliphatic carboxylic acids is 1. The van der Waals surface area contributed by atoms with E-state index in [4.69, 9.17) is 14.8 Å². The molecule has 0 bridgehead atoms. The number of carboxylic acid groups (broad SMARTS) is 1. The number of pyridine rings is 1. The van der Waals surface area contributed by atoms with Gasteiger partial charge in [0.2, 0.25) is 0 Å². The third-order valence-electron chi connectivity index (χ3n) is 6.27. The zero-order valence-corrected chi connectivity index (χ0v) is 18.1. The summed E-state index contributed by atoms with van der Waals surface area (Å²) in [7, 11) is 0. The van der Waals surface area contributed by atoms with E-state index >= 15 is 0 Å². The number of ether oxygens (including phenoxy) is 1. The van der Waals surface area contributed by atoms with Crippen molar-refractivity contribution in [2.45, 2.75) is 51.0 Å². The molecule has 1 aromatic carbocycles. The first-order valence-corrected chi connectivity index (χ1v) is 11.4. The van der Waals surface area contributed by atoms with Gasteiger partial charge >= 0.3 is 5.97 Å². The van der Waals surface area contributed by atoms with Gasteiger partial charge in [-0.15, -0.1) is 0 Å². The Hall–Kier alpha value is -3.35. The smallest absolute Gasteiger partial charge is 0.305 e. The first-order chi connectivity index (χ1) is 15.7. The molecule has 0 fully saturated rings. The highest BCUT2D eigenvalue weighted by Gasteiger charge is 2.22. The number of nitrogens with one attached hydrogen (secondary N) is 1. The normalized spacial score (nSPS) is 15.4.